The normalized spacial score (nSPS) is 25.6. The highest BCUT2D eigenvalue weighted by Crippen LogP contribution is 2.67. The van der Waals surface area contributed by atoms with Crippen LogP contribution in [-0.2, 0) is 0 Å². The van der Waals surface area contributed by atoms with Crippen LogP contribution in [0.15, 0.2) is 352 Å². The molecule has 0 N–H and O–H groups in total. The maximum Gasteiger partial charge on any atom is 0.256 e. The number of ether oxygens (including phenoxy) is 1. The van der Waals surface area contributed by atoms with Gasteiger partial charge < -0.3 is 43.9 Å². The van der Waals surface area contributed by atoms with Crippen molar-refractivity contribution in [2.24, 2.45) is 53.3 Å². The van der Waals surface area contributed by atoms with E-state index in [4.69, 9.17) is 4.74 Å². The van der Waals surface area contributed by atoms with Gasteiger partial charge in [0.1, 0.15) is 11.5 Å². The number of hydrogen-bond donors (Lipinski definition) is 0. The highest BCUT2D eigenvalue weighted by molar-refractivity contribution is 7.04. The molecule has 18 aliphatic rings. The van der Waals surface area contributed by atoms with Crippen LogP contribution in [-0.4, -0.2) is 36.8 Å². The van der Waals surface area contributed by atoms with E-state index in [1.54, 1.807) is 0 Å². The Balaban J connectivity index is 0.727. The van der Waals surface area contributed by atoms with Crippen LogP contribution in [0.5, 0.6) is 11.5 Å². The van der Waals surface area contributed by atoms with Crippen LogP contribution in [0, 0.1) is 53.3 Å². The largest absolute Gasteiger partial charge is 0.458 e. The summed E-state index contributed by atoms with van der Waals surface area (Å²) in [5.74, 6) is 7.96. The second-order valence-corrected chi connectivity index (χ2v) is 42.9. The fraction of sp³-hybridized carbons (Fsp3) is 0.250. The molecule has 6 heterocycles. The second kappa shape index (κ2) is 28.4. The SMILES string of the molecule is c1ccc(N(c2ccccc2)c2cc3c4c(c2)N(C25CC6CC(CC(C6)C2)C5)c2cc5c(cc2B4c2cc4c(cc2O3)N(C23CC6CC(CC(C6)C2)C3)c2cc(N(c3ccccc3)c3ccccc3)cc3c2B4c2ccccc2N3c2ccccc2)B2c3ccccc3N(c3ccccc3)c3cc(N(c4ccccc4)c4ccccc4)cc(c32)N5C23CC4CC(CC(C4)C2)C3)cc1. The summed E-state index contributed by atoms with van der Waals surface area (Å²) in [4.78, 5) is 22.4. The summed E-state index contributed by atoms with van der Waals surface area (Å²) < 4.78 is 8.58. The molecule has 12 bridgehead atoms. The number of anilines is 21. The van der Waals surface area contributed by atoms with Crippen molar-refractivity contribution in [2.45, 2.75) is 132 Å². The molecule has 132 heavy (non-hydrogen) atoms. The third-order valence-corrected chi connectivity index (χ3v) is 35.2. The Kier molecular flexibility index (Phi) is 16.2. The Labute approximate surface area is 776 Å². The fourth-order valence-corrected chi connectivity index (χ4v) is 32.0. The minimum absolute atomic E-state index is 0.128. The van der Waals surface area contributed by atoms with Crippen molar-refractivity contribution < 1.29 is 4.74 Å². The van der Waals surface area contributed by atoms with Crippen molar-refractivity contribution in [3.8, 4) is 11.5 Å². The Bertz CT molecular complexity index is 6980. The van der Waals surface area contributed by atoms with Crippen LogP contribution in [0.1, 0.15) is 116 Å². The Hall–Kier alpha value is -13.3. The quantitative estimate of drug-likeness (QED) is 0.0990. The van der Waals surface area contributed by atoms with E-state index < -0.39 is 0 Å². The summed E-state index contributed by atoms with van der Waals surface area (Å²) in [6.07, 6.45) is 22.7. The van der Waals surface area contributed by atoms with Crippen molar-refractivity contribution in [1.82, 2.24) is 0 Å². The molecule has 6 aliphatic heterocycles. The van der Waals surface area contributed by atoms with E-state index in [0.29, 0.717) is 53.3 Å². The maximum absolute atomic E-state index is 8.58. The number of rotatable bonds is 14. The minimum atomic E-state index is -0.243. The molecule has 0 amide bonds. The van der Waals surface area contributed by atoms with Crippen LogP contribution in [0.2, 0.25) is 0 Å². The lowest BCUT2D eigenvalue weighted by Gasteiger charge is -2.64. The first-order valence-corrected chi connectivity index (χ1v) is 49.8. The molecule has 0 atom stereocenters. The zero-order valence-corrected chi connectivity index (χ0v) is 74.6. The summed E-state index contributed by atoms with van der Waals surface area (Å²) in [5.41, 5.74) is 37.7. The van der Waals surface area contributed by atoms with Gasteiger partial charge in [-0.05, 0) is 364 Å². The summed E-state index contributed by atoms with van der Waals surface area (Å²) in [6.45, 7) is -0.514. The summed E-state index contributed by atoms with van der Waals surface area (Å²) in [6, 6.07) is 137. The average Bonchev–Trinajstić information content (AvgIpc) is 0.673. The van der Waals surface area contributed by atoms with Gasteiger partial charge in [-0.3, -0.25) is 0 Å². The zero-order chi connectivity index (χ0) is 86.0. The van der Waals surface area contributed by atoms with Gasteiger partial charge in [-0.15, -0.1) is 0 Å². The summed E-state index contributed by atoms with van der Waals surface area (Å²) in [5, 5.41) is 0. The molecule has 0 unspecified atom stereocenters. The molecule has 9 nitrogen and oxygen atoms in total. The molecule has 33 rings (SSSR count). The van der Waals surface area contributed by atoms with Crippen LogP contribution >= 0.6 is 0 Å². The van der Waals surface area contributed by atoms with Crippen molar-refractivity contribution >= 4 is 189 Å². The first kappa shape index (κ1) is 75.4. The van der Waals surface area contributed by atoms with Gasteiger partial charge >= 0.3 is 0 Å². The Morgan fingerprint density at radius 2 is 0.462 bits per heavy atom. The Morgan fingerprint density at radius 3 is 0.788 bits per heavy atom. The summed E-state index contributed by atoms with van der Waals surface area (Å²) in [7, 11) is 0. The van der Waals surface area contributed by atoms with E-state index in [-0.39, 0.29) is 36.8 Å². The van der Waals surface area contributed by atoms with E-state index in [2.05, 4.69) is 391 Å². The van der Waals surface area contributed by atoms with Crippen LogP contribution in [0.25, 0.3) is 0 Å². The summed E-state index contributed by atoms with van der Waals surface area (Å²) >= 11 is 0. The standard InChI is InChI=1S/C120H103B3N8O/c1-9-29-86(30-10-1)124(87-31-11-2-12-32-87)94-58-108-115-110(60-94)129(118-68-77-49-78(69-118)51-79(50-77)70-118)105-66-106-100(64-99(105)121(115)97-45-25-27-47-103(97)127(108)92-41-21-7-22-42-92)123-102-65-101-107(67-113(102)132-114-63-96(126(90-37-17-5-18-38-90)91-39-19-6-20-40-91)62-112(117(114)123)130(106)119-71-80-52-81(72-119)54-82(53-80)73-119)131(120-74-83-55-84(75-120)57-85(56-83)76-120)111-61-95(125(88-33-13-3-14-34-88)89-35-15-4-16-36-89)59-109-116(111)122(101)98-46-26-28-48-104(98)128(109)93-43-23-8-24-44-93/h1-48,58-67,77-85H,49-57,68-76H2. The van der Waals surface area contributed by atoms with Gasteiger partial charge in [-0.2, -0.15) is 0 Å². The molecule has 12 saturated carbocycles. The predicted octanol–water partition coefficient (Wildman–Crippen LogP) is 24.6. The highest BCUT2D eigenvalue weighted by Gasteiger charge is 2.63. The number of fused-ring (bicyclic) bond motifs is 12. The predicted molar refractivity (Wildman–Crippen MR) is 549 cm³/mol. The molecular weight excluding hydrogens is 1600 g/mol. The number of benzene rings is 15. The van der Waals surface area contributed by atoms with E-state index in [1.807, 2.05) is 0 Å². The van der Waals surface area contributed by atoms with Crippen LogP contribution in [0.4, 0.5) is 119 Å². The van der Waals surface area contributed by atoms with Crippen LogP contribution in [0.3, 0.4) is 0 Å². The first-order valence-electron chi connectivity index (χ1n) is 49.8. The van der Waals surface area contributed by atoms with E-state index in [1.165, 1.54) is 239 Å². The van der Waals surface area contributed by atoms with Gasteiger partial charge in [0.2, 0.25) is 0 Å². The molecule has 638 valence electrons. The third-order valence-electron chi connectivity index (χ3n) is 35.2. The van der Waals surface area contributed by atoms with Crippen molar-refractivity contribution in [3.63, 3.8) is 0 Å². The van der Waals surface area contributed by atoms with E-state index in [9.17, 15) is 0 Å². The van der Waals surface area contributed by atoms with Gasteiger partial charge in [0, 0.05) is 131 Å². The van der Waals surface area contributed by atoms with Gasteiger partial charge in [-0.25, -0.2) is 0 Å². The maximum atomic E-state index is 8.58. The third kappa shape index (κ3) is 11.1. The lowest BCUT2D eigenvalue weighted by atomic mass is 9.29. The molecule has 0 radical (unpaired) electrons. The van der Waals surface area contributed by atoms with E-state index >= 15 is 0 Å². The number of para-hydroxylation sites is 10. The second-order valence-electron chi connectivity index (χ2n) is 42.9. The molecule has 12 aliphatic carbocycles. The fourth-order valence-electron chi connectivity index (χ4n) is 32.0. The monoisotopic (exact) mass is 1700 g/mol. The molecule has 0 aromatic heterocycles. The molecule has 0 spiro atoms. The average molecular weight is 1710 g/mol. The number of nitrogens with zero attached hydrogens (tertiary/aromatic N) is 8. The minimum Gasteiger partial charge on any atom is -0.458 e. The van der Waals surface area contributed by atoms with E-state index in [0.717, 1.165) is 57.0 Å². The van der Waals surface area contributed by atoms with Gasteiger partial charge in [0.15, 0.2) is 0 Å². The topological polar surface area (TPSA) is 35.2 Å². The highest BCUT2D eigenvalue weighted by atomic mass is 16.5. The lowest BCUT2D eigenvalue weighted by Crippen LogP contribution is -2.70. The van der Waals surface area contributed by atoms with Gasteiger partial charge in [-0.1, -0.05) is 194 Å². The molecule has 15 aromatic rings. The zero-order valence-electron chi connectivity index (χ0n) is 74.6. The van der Waals surface area contributed by atoms with Crippen molar-refractivity contribution in [1.29, 1.82) is 0 Å². The van der Waals surface area contributed by atoms with Gasteiger partial charge in [0.25, 0.3) is 20.1 Å². The molecule has 15 aromatic carbocycles. The Morgan fingerprint density at radius 1 is 0.205 bits per heavy atom. The lowest BCUT2D eigenvalue weighted by molar-refractivity contribution is 0.000258. The molecule has 12 heteroatoms. The van der Waals surface area contributed by atoms with Crippen molar-refractivity contribution in [2.75, 3.05) is 39.2 Å². The van der Waals surface area contributed by atoms with Crippen LogP contribution < -0.4 is 93.1 Å². The first-order chi connectivity index (χ1) is 65.2. The number of hydrogen-bond acceptors (Lipinski definition) is 9. The van der Waals surface area contributed by atoms with Gasteiger partial charge in [0.05, 0.1) is 17.1 Å². The van der Waals surface area contributed by atoms with Crippen molar-refractivity contribution in [3.05, 3.63) is 352 Å². The molecule has 12 fully saturated rings. The molecular formula is C120H103B3N8O. The molecule has 0 saturated heterocycles. The smallest absolute Gasteiger partial charge is 0.256 e.